The number of aromatic nitrogens is 1. The van der Waals surface area contributed by atoms with Gasteiger partial charge in [-0.05, 0) is 23.3 Å². The van der Waals surface area contributed by atoms with Crippen LogP contribution in [0.1, 0.15) is 5.56 Å². The average Bonchev–Trinajstić information content (AvgIpc) is 2.15. The van der Waals surface area contributed by atoms with Gasteiger partial charge in [-0.3, -0.25) is 4.98 Å². The minimum absolute atomic E-state index is 0.295. The predicted octanol–water partition coefficient (Wildman–Crippen LogP) is 0.542. The number of nitrogens with zero attached hydrogens (tertiary/aromatic N) is 1. The second-order valence-corrected chi connectivity index (χ2v) is 2.40. The summed E-state index contributed by atoms with van der Waals surface area (Å²) in [5, 5.41) is 17.3. The summed E-state index contributed by atoms with van der Waals surface area (Å²) >= 11 is 0. The number of aliphatic carboxylic acids is 1. The highest BCUT2D eigenvalue weighted by atomic mass is 16.4. The first-order chi connectivity index (χ1) is 6.24. The number of hydrogen-bond donors (Lipinski definition) is 2. The van der Waals surface area contributed by atoms with E-state index in [1.54, 1.807) is 24.5 Å². The molecule has 0 aliphatic heterocycles. The molecule has 0 aliphatic rings. The van der Waals surface area contributed by atoms with Crippen LogP contribution in [-0.2, 0) is 4.79 Å². The highest BCUT2D eigenvalue weighted by Crippen LogP contribution is 2.11. The third-order valence-corrected chi connectivity index (χ3v) is 1.52. The Morgan fingerprint density at radius 1 is 1.46 bits per heavy atom. The molecule has 2 N–H and O–H groups in total. The summed E-state index contributed by atoms with van der Waals surface area (Å²) in [5.74, 6) is -1.07. The van der Waals surface area contributed by atoms with Crippen LogP contribution >= 0.6 is 0 Å². The minimum atomic E-state index is -1.07. The van der Waals surface area contributed by atoms with Crippen molar-refractivity contribution in [1.29, 1.82) is 0 Å². The van der Waals surface area contributed by atoms with Gasteiger partial charge in [0.15, 0.2) is 0 Å². The third kappa shape index (κ3) is 2.68. The van der Waals surface area contributed by atoms with Crippen LogP contribution in [0, 0.1) is 0 Å². The summed E-state index contributed by atoms with van der Waals surface area (Å²) in [7, 11) is 0. The fraction of sp³-hybridized carbons (Fsp3) is 0.111. The van der Waals surface area contributed by atoms with E-state index in [4.69, 9.17) is 10.2 Å². The van der Waals surface area contributed by atoms with Crippen molar-refractivity contribution in [3.8, 4) is 0 Å². The summed E-state index contributed by atoms with van der Waals surface area (Å²) in [6.07, 6.45) is 4.07. The maximum absolute atomic E-state index is 10.3. The van der Waals surface area contributed by atoms with Gasteiger partial charge in [0.25, 0.3) is 0 Å². The van der Waals surface area contributed by atoms with Crippen LogP contribution in [-0.4, -0.2) is 27.8 Å². The van der Waals surface area contributed by atoms with Gasteiger partial charge < -0.3 is 10.2 Å². The number of carboxylic acids is 1. The van der Waals surface area contributed by atoms with Gasteiger partial charge in [-0.25, -0.2) is 4.79 Å². The zero-order valence-corrected chi connectivity index (χ0v) is 6.84. The SMILES string of the molecule is O=C(O)/C=C(\CO)c1ccncc1. The van der Waals surface area contributed by atoms with E-state index in [1.165, 1.54) is 0 Å². The molecule has 0 bridgehead atoms. The molecule has 13 heavy (non-hydrogen) atoms. The summed E-state index contributed by atoms with van der Waals surface area (Å²) in [5.41, 5.74) is 1.04. The Hall–Kier alpha value is -1.68. The Morgan fingerprint density at radius 3 is 2.54 bits per heavy atom. The maximum Gasteiger partial charge on any atom is 0.328 e. The number of aliphatic hydroxyl groups is 1. The van der Waals surface area contributed by atoms with Crippen molar-refractivity contribution < 1.29 is 15.0 Å². The minimum Gasteiger partial charge on any atom is -0.478 e. The molecule has 1 heterocycles. The quantitative estimate of drug-likeness (QED) is 0.664. The second-order valence-electron chi connectivity index (χ2n) is 2.40. The van der Waals surface area contributed by atoms with Gasteiger partial charge in [-0.1, -0.05) is 0 Å². The molecule has 1 aromatic rings. The Kier molecular flexibility index (Phi) is 3.16. The Morgan fingerprint density at radius 2 is 2.08 bits per heavy atom. The molecule has 0 fully saturated rings. The number of carbonyl (C=O) groups is 1. The lowest BCUT2D eigenvalue weighted by atomic mass is 10.1. The Balaban J connectivity index is 2.98. The number of hydrogen-bond acceptors (Lipinski definition) is 3. The molecule has 1 rings (SSSR count). The molecule has 1 aromatic heterocycles. The largest absolute Gasteiger partial charge is 0.478 e. The summed E-state index contributed by atoms with van der Waals surface area (Å²) < 4.78 is 0. The van der Waals surface area contributed by atoms with E-state index in [2.05, 4.69) is 4.98 Å². The molecule has 0 amide bonds. The Labute approximate surface area is 75.2 Å². The first-order valence-corrected chi connectivity index (χ1v) is 3.69. The second kappa shape index (κ2) is 4.37. The first-order valence-electron chi connectivity index (χ1n) is 3.69. The van der Waals surface area contributed by atoms with Crippen LogP contribution in [0.15, 0.2) is 30.6 Å². The van der Waals surface area contributed by atoms with Crippen molar-refractivity contribution >= 4 is 11.5 Å². The molecule has 0 spiro atoms. The van der Waals surface area contributed by atoms with Crippen LogP contribution in [0.5, 0.6) is 0 Å². The van der Waals surface area contributed by atoms with Crippen molar-refractivity contribution in [3.05, 3.63) is 36.2 Å². The Bertz CT molecular complexity index is 319. The van der Waals surface area contributed by atoms with Gasteiger partial charge in [0, 0.05) is 18.5 Å². The van der Waals surface area contributed by atoms with Gasteiger partial charge in [0.2, 0.25) is 0 Å². The highest BCUT2D eigenvalue weighted by molar-refractivity contribution is 5.90. The number of aliphatic hydroxyl groups excluding tert-OH is 1. The van der Waals surface area contributed by atoms with Crippen LogP contribution in [0.2, 0.25) is 0 Å². The van der Waals surface area contributed by atoms with Crippen molar-refractivity contribution in [2.75, 3.05) is 6.61 Å². The van der Waals surface area contributed by atoms with E-state index in [1.807, 2.05) is 0 Å². The predicted molar refractivity (Wildman–Crippen MR) is 46.9 cm³/mol. The molecule has 0 saturated carbocycles. The first kappa shape index (κ1) is 9.41. The molecule has 0 aromatic carbocycles. The van der Waals surface area contributed by atoms with Gasteiger partial charge in [-0.15, -0.1) is 0 Å². The molecule has 4 heteroatoms. The number of rotatable bonds is 3. The van der Waals surface area contributed by atoms with E-state index in [0.29, 0.717) is 11.1 Å². The zero-order chi connectivity index (χ0) is 9.68. The lowest BCUT2D eigenvalue weighted by Crippen LogP contribution is -1.96. The van der Waals surface area contributed by atoms with Gasteiger partial charge in [0.1, 0.15) is 0 Å². The molecular weight excluding hydrogens is 170 g/mol. The zero-order valence-electron chi connectivity index (χ0n) is 6.84. The van der Waals surface area contributed by atoms with Crippen molar-refractivity contribution in [1.82, 2.24) is 4.98 Å². The molecule has 0 radical (unpaired) electrons. The summed E-state index contributed by atoms with van der Waals surface area (Å²) in [6.45, 7) is -0.295. The van der Waals surface area contributed by atoms with Crippen molar-refractivity contribution in [2.24, 2.45) is 0 Å². The van der Waals surface area contributed by atoms with Crippen LogP contribution in [0.25, 0.3) is 5.57 Å². The number of pyridine rings is 1. The standard InChI is InChI=1S/C9H9NO3/c11-6-8(5-9(12)13)7-1-3-10-4-2-7/h1-5,11H,6H2,(H,12,13)/b8-5+. The average molecular weight is 179 g/mol. The molecule has 0 atom stereocenters. The van der Waals surface area contributed by atoms with E-state index < -0.39 is 5.97 Å². The molecule has 0 unspecified atom stereocenters. The van der Waals surface area contributed by atoms with Crippen molar-refractivity contribution in [2.45, 2.75) is 0 Å². The molecule has 0 saturated heterocycles. The van der Waals surface area contributed by atoms with Crippen LogP contribution in [0.3, 0.4) is 0 Å². The fourth-order valence-electron chi connectivity index (χ4n) is 0.935. The van der Waals surface area contributed by atoms with Gasteiger partial charge in [0.05, 0.1) is 6.61 Å². The molecular formula is C9H9NO3. The lowest BCUT2D eigenvalue weighted by molar-refractivity contribution is -0.131. The highest BCUT2D eigenvalue weighted by Gasteiger charge is 2.01. The topological polar surface area (TPSA) is 70.4 Å². The molecule has 4 nitrogen and oxygen atoms in total. The monoisotopic (exact) mass is 179 g/mol. The summed E-state index contributed by atoms with van der Waals surface area (Å²) in [6, 6.07) is 3.29. The normalized spacial score (nSPS) is 11.3. The van der Waals surface area contributed by atoms with Gasteiger partial charge in [-0.2, -0.15) is 0 Å². The van der Waals surface area contributed by atoms with E-state index in [0.717, 1.165) is 6.08 Å². The third-order valence-electron chi connectivity index (χ3n) is 1.52. The summed E-state index contributed by atoms with van der Waals surface area (Å²) in [4.78, 5) is 14.1. The van der Waals surface area contributed by atoms with E-state index in [9.17, 15) is 4.79 Å². The maximum atomic E-state index is 10.3. The lowest BCUT2D eigenvalue weighted by Gasteiger charge is -2.01. The van der Waals surface area contributed by atoms with Crippen LogP contribution in [0.4, 0.5) is 0 Å². The van der Waals surface area contributed by atoms with Crippen LogP contribution < -0.4 is 0 Å². The van der Waals surface area contributed by atoms with E-state index >= 15 is 0 Å². The fourth-order valence-corrected chi connectivity index (χ4v) is 0.935. The smallest absolute Gasteiger partial charge is 0.328 e. The molecule has 0 aliphatic carbocycles. The van der Waals surface area contributed by atoms with E-state index in [-0.39, 0.29) is 6.61 Å². The molecule has 68 valence electrons. The van der Waals surface area contributed by atoms with Crippen molar-refractivity contribution in [3.63, 3.8) is 0 Å². The number of carboxylic acid groups (broad SMARTS) is 1. The van der Waals surface area contributed by atoms with Gasteiger partial charge >= 0.3 is 5.97 Å².